The highest BCUT2D eigenvalue weighted by Crippen LogP contribution is 2.47. The van der Waals surface area contributed by atoms with Crippen LogP contribution in [0.5, 0.6) is 5.75 Å². The molecule has 0 N–H and O–H groups in total. The molecular formula is C25H23NO2. The number of hydrogen-bond donors (Lipinski definition) is 0. The van der Waals surface area contributed by atoms with Crippen molar-refractivity contribution in [3.05, 3.63) is 83.4 Å². The Hall–Kier alpha value is -3.20. The van der Waals surface area contributed by atoms with Gasteiger partial charge in [0.25, 0.3) is 0 Å². The van der Waals surface area contributed by atoms with E-state index in [-0.39, 0.29) is 0 Å². The number of nitrogens with zero attached hydrogens (tertiary/aromatic N) is 1. The van der Waals surface area contributed by atoms with Gasteiger partial charge in [-0.25, -0.2) is 0 Å². The van der Waals surface area contributed by atoms with Crippen LogP contribution >= 0.6 is 0 Å². The number of rotatable bonds is 2. The van der Waals surface area contributed by atoms with Crippen LogP contribution in [-0.2, 0) is 12.8 Å². The fourth-order valence-electron chi connectivity index (χ4n) is 4.23. The molecule has 140 valence electrons. The molecule has 3 aromatic carbocycles. The van der Waals surface area contributed by atoms with Crippen molar-refractivity contribution in [2.24, 2.45) is 0 Å². The van der Waals surface area contributed by atoms with Crippen LogP contribution in [0.4, 0.5) is 17.3 Å². The van der Waals surface area contributed by atoms with Crippen LogP contribution in [0, 0.1) is 6.92 Å². The summed E-state index contributed by atoms with van der Waals surface area (Å²) in [6.45, 7) is 2.13. The quantitative estimate of drug-likeness (QED) is 0.393. The van der Waals surface area contributed by atoms with Crippen molar-refractivity contribution in [2.75, 3.05) is 12.0 Å². The second kappa shape index (κ2) is 6.75. The smallest absolute Gasteiger partial charge is 0.209 e. The number of furan rings is 1. The maximum Gasteiger partial charge on any atom is 0.209 e. The van der Waals surface area contributed by atoms with Crippen molar-refractivity contribution in [2.45, 2.75) is 26.2 Å². The predicted molar refractivity (Wildman–Crippen MR) is 114 cm³/mol. The zero-order valence-electron chi connectivity index (χ0n) is 16.2. The third-order valence-corrected chi connectivity index (χ3v) is 5.56. The Morgan fingerprint density at radius 1 is 0.893 bits per heavy atom. The minimum Gasteiger partial charge on any atom is -0.495 e. The zero-order valence-corrected chi connectivity index (χ0v) is 16.2. The van der Waals surface area contributed by atoms with Crippen molar-refractivity contribution in [1.29, 1.82) is 0 Å². The highest BCUT2D eigenvalue weighted by molar-refractivity contribution is 5.92. The summed E-state index contributed by atoms with van der Waals surface area (Å²) in [5.74, 6) is 1.73. The molecule has 0 amide bonds. The first-order valence-electron chi connectivity index (χ1n) is 9.79. The lowest BCUT2D eigenvalue weighted by molar-refractivity contribution is 0.415. The monoisotopic (exact) mass is 369 g/mol. The van der Waals surface area contributed by atoms with E-state index in [1.165, 1.54) is 22.1 Å². The van der Waals surface area contributed by atoms with E-state index < -0.39 is 0 Å². The molecule has 0 spiro atoms. The van der Waals surface area contributed by atoms with Gasteiger partial charge in [0, 0.05) is 10.9 Å². The Morgan fingerprint density at radius 2 is 1.68 bits per heavy atom. The molecular weight excluding hydrogens is 346 g/mol. The number of methoxy groups -OCH3 is 1. The first-order valence-corrected chi connectivity index (χ1v) is 9.79. The Labute approximate surface area is 165 Å². The van der Waals surface area contributed by atoms with Gasteiger partial charge in [0.05, 0.1) is 18.5 Å². The summed E-state index contributed by atoms with van der Waals surface area (Å²) < 4.78 is 12.2. The van der Waals surface area contributed by atoms with Crippen molar-refractivity contribution in [3.63, 3.8) is 0 Å². The van der Waals surface area contributed by atoms with Crippen molar-refractivity contribution < 1.29 is 9.15 Å². The van der Waals surface area contributed by atoms with Gasteiger partial charge in [-0.2, -0.15) is 0 Å². The van der Waals surface area contributed by atoms with E-state index in [0.717, 1.165) is 47.9 Å². The van der Waals surface area contributed by atoms with Crippen LogP contribution in [-0.4, -0.2) is 7.11 Å². The predicted octanol–water partition coefficient (Wildman–Crippen LogP) is 6.71. The molecule has 0 saturated carbocycles. The first kappa shape index (κ1) is 16.9. The molecule has 0 unspecified atom stereocenters. The van der Waals surface area contributed by atoms with Gasteiger partial charge in [-0.05, 0) is 62.1 Å². The van der Waals surface area contributed by atoms with Crippen molar-refractivity contribution in [1.82, 2.24) is 0 Å². The second-order valence-electron chi connectivity index (χ2n) is 7.37. The average Bonchev–Trinajstić information content (AvgIpc) is 3.05. The standard InChI is InChI=1S/C25H23NO2/c1-17-14-15-23-20(16-17)19-10-7-9-18-8-3-4-11-21(18)26(25(19)28-23)22-12-5-6-13-24(22)27-2/h3-6,8,11-16H,7,9-10H2,1-2H3. The Bertz CT molecular complexity index is 1150. The van der Waals surface area contributed by atoms with Crippen LogP contribution in [0.25, 0.3) is 11.0 Å². The fraction of sp³-hybridized carbons (Fsp3) is 0.200. The maximum atomic E-state index is 6.47. The molecule has 0 fully saturated rings. The Morgan fingerprint density at radius 3 is 2.54 bits per heavy atom. The summed E-state index contributed by atoms with van der Waals surface area (Å²) in [6, 6.07) is 23.2. The van der Waals surface area contributed by atoms with E-state index in [9.17, 15) is 0 Å². The van der Waals surface area contributed by atoms with Crippen LogP contribution in [0.1, 0.15) is 23.1 Å². The van der Waals surface area contributed by atoms with E-state index in [1.54, 1.807) is 7.11 Å². The molecule has 28 heavy (non-hydrogen) atoms. The molecule has 4 aromatic rings. The molecule has 0 saturated heterocycles. The summed E-state index contributed by atoms with van der Waals surface area (Å²) in [7, 11) is 1.72. The summed E-state index contributed by atoms with van der Waals surface area (Å²) >= 11 is 0. The maximum absolute atomic E-state index is 6.47. The Balaban J connectivity index is 1.84. The topological polar surface area (TPSA) is 25.6 Å². The Kier molecular flexibility index (Phi) is 4.09. The molecule has 0 radical (unpaired) electrons. The van der Waals surface area contributed by atoms with E-state index in [0.29, 0.717) is 0 Å². The van der Waals surface area contributed by atoms with E-state index in [2.05, 4.69) is 60.4 Å². The highest BCUT2D eigenvalue weighted by Gasteiger charge is 2.27. The lowest BCUT2D eigenvalue weighted by atomic mass is 9.97. The van der Waals surface area contributed by atoms with E-state index in [4.69, 9.17) is 9.15 Å². The summed E-state index contributed by atoms with van der Waals surface area (Å²) in [5, 5.41) is 1.22. The number of ether oxygens (including phenoxy) is 1. The highest BCUT2D eigenvalue weighted by atomic mass is 16.5. The largest absolute Gasteiger partial charge is 0.495 e. The van der Waals surface area contributed by atoms with Gasteiger partial charge in [0.2, 0.25) is 5.88 Å². The molecule has 1 aromatic heterocycles. The lowest BCUT2D eigenvalue weighted by Gasteiger charge is -2.29. The normalized spacial score (nSPS) is 13.6. The lowest BCUT2D eigenvalue weighted by Crippen LogP contribution is -2.16. The number of para-hydroxylation sites is 3. The van der Waals surface area contributed by atoms with Gasteiger partial charge in [0.15, 0.2) is 0 Å². The van der Waals surface area contributed by atoms with Gasteiger partial charge in [-0.15, -0.1) is 0 Å². The van der Waals surface area contributed by atoms with Crippen LogP contribution < -0.4 is 9.64 Å². The van der Waals surface area contributed by atoms with Crippen LogP contribution in [0.15, 0.2) is 71.1 Å². The zero-order chi connectivity index (χ0) is 19.1. The summed E-state index contributed by atoms with van der Waals surface area (Å²) in [4.78, 5) is 2.23. The molecule has 3 nitrogen and oxygen atoms in total. The van der Waals surface area contributed by atoms with Crippen molar-refractivity contribution in [3.8, 4) is 5.75 Å². The van der Waals surface area contributed by atoms with Gasteiger partial charge < -0.3 is 9.15 Å². The summed E-state index contributed by atoms with van der Waals surface area (Å²) in [6.07, 6.45) is 3.14. The van der Waals surface area contributed by atoms with E-state index in [1.807, 2.05) is 18.2 Å². The van der Waals surface area contributed by atoms with Gasteiger partial charge >= 0.3 is 0 Å². The molecule has 0 aliphatic carbocycles. The van der Waals surface area contributed by atoms with Crippen LogP contribution in [0.3, 0.4) is 0 Å². The van der Waals surface area contributed by atoms with Crippen molar-refractivity contribution >= 4 is 28.2 Å². The SMILES string of the molecule is COc1ccccc1N1c2ccccc2CCCc2c1oc1ccc(C)cc21. The van der Waals surface area contributed by atoms with Gasteiger partial charge in [-0.3, -0.25) is 4.90 Å². The molecule has 0 atom stereocenters. The number of benzene rings is 3. The second-order valence-corrected chi connectivity index (χ2v) is 7.37. The number of hydrogen-bond acceptors (Lipinski definition) is 3. The third-order valence-electron chi connectivity index (χ3n) is 5.56. The average molecular weight is 369 g/mol. The third kappa shape index (κ3) is 2.66. The molecule has 0 bridgehead atoms. The number of fused-ring (bicyclic) bond motifs is 4. The molecule has 3 heteroatoms. The minimum atomic E-state index is 0.834. The molecule has 5 rings (SSSR count). The number of aryl methyl sites for hydroxylation is 3. The minimum absolute atomic E-state index is 0.834. The molecule has 2 heterocycles. The fourth-order valence-corrected chi connectivity index (χ4v) is 4.23. The molecule has 1 aliphatic heterocycles. The summed E-state index contributed by atoms with van der Waals surface area (Å²) in [5.41, 5.74) is 6.95. The van der Waals surface area contributed by atoms with Crippen LogP contribution in [0.2, 0.25) is 0 Å². The van der Waals surface area contributed by atoms with Gasteiger partial charge in [-0.1, -0.05) is 42.0 Å². The van der Waals surface area contributed by atoms with Gasteiger partial charge in [0.1, 0.15) is 11.3 Å². The first-order chi connectivity index (χ1) is 13.8. The van der Waals surface area contributed by atoms with E-state index >= 15 is 0 Å². The molecule has 1 aliphatic rings. The number of anilines is 3.